The minimum absolute atomic E-state index is 0.0861. The number of halogens is 1. The lowest BCUT2D eigenvalue weighted by Crippen LogP contribution is -2.52. The number of Topliss-reactive ketones (excluding diaryl/α,β-unsaturated/α-hetero) is 1. The minimum atomic E-state index is -0.763. The van der Waals surface area contributed by atoms with E-state index in [1.54, 1.807) is 0 Å². The lowest BCUT2D eigenvalue weighted by Gasteiger charge is -2.24. The van der Waals surface area contributed by atoms with Crippen LogP contribution in [0.15, 0.2) is 30.3 Å². The summed E-state index contributed by atoms with van der Waals surface area (Å²) in [6, 6.07) is 7.98. The summed E-state index contributed by atoms with van der Waals surface area (Å²) < 4.78 is 5.22. The summed E-state index contributed by atoms with van der Waals surface area (Å²) in [5.41, 5.74) is 0.863. The summed E-state index contributed by atoms with van der Waals surface area (Å²) in [5, 5.41) is 5.61. The molecule has 0 saturated carbocycles. The largest absolute Gasteiger partial charge is 0.445 e. The fourth-order valence-electron chi connectivity index (χ4n) is 2.72. The molecule has 0 fully saturated rings. The van der Waals surface area contributed by atoms with E-state index >= 15 is 0 Å². The highest BCUT2D eigenvalue weighted by Crippen LogP contribution is 2.10. The number of amides is 2. The number of alkyl carbamates (subject to hydrolysis) is 1. The molecular formula is C21H31BrN2O4. The molecule has 0 aliphatic rings. The zero-order valence-corrected chi connectivity index (χ0v) is 18.6. The van der Waals surface area contributed by atoms with Crippen LogP contribution in [0.25, 0.3) is 0 Å². The Kier molecular flexibility index (Phi) is 10.8. The molecule has 0 bridgehead atoms. The van der Waals surface area contributed by atoms with Crippen molar-refractivity contribution in [3.05, 3.63) is 35.9 Å². The first-order valence-electron chi connectivity index (χ1n) is 9.59. The average Bonchev–Trinajstić information content (AvgIpc) is 2.64. The molecule has 2 amide bonds. The molecule has 6 nitrogen and oxygen atoms in total. The SMILES string of the molecule is CC(C)C[C@H](NC(=O)[C@H](CC(C)C)NC(=O)OCc1ccccc1)C(=O)CBr. The summed E-state index contributed by atoms with van der Waals surface area (Å²) in [5.74, 6) is -0.0245. The van der Waals surface area contributed by atoms with Crippen LogP contribution in [0.2, 0.25) is 0 Å². The van der Waals surface area contributed by atoms with E-state index in [1.807, 2.05) is 58.0 Å². The van der Waals surface area contributed by atoms with Crippen LogP contribution in [-0.2, 0) is 20.9 Å². The highest BCUT2D eigenvalue weighted by atomic mass is 79.9. The van der Waals surface area contributed by atoms with Gasteiger partial charge < -0.3 is 15.4 Å². The molecule has 7 heteroatoms. The molecule has 1 rings (SSSR count). The molecule has 0 radical (unpaired) electrons. The predicted octanol–water partition coefficient (Wildman–Crippen LogP) is 3.82. The average molecular weight is 455 g/mol. The van der Waals surface area contributed by atoms with Gasteiger partial charge in [0.15, 0.2) is 5.78 Å². The fourth-order valence-corrected chi connectivity index (χ4v) is 3.11. The van der Waals surface area contributed by atoms with E-state index in [1.165, 1.54) is 0 Å². The Labute approximate surface area is 175 Å². The number of rotatable bonds is 11. The number of nitrogens with one attached hydrogen (secondary N) is 2. The predicted molar refractivity (Wildman–Crippen MR) is 113 cm³/mol. The van der Waals surface area contributed by atoms with Crippen LogP contribution in [0, 0.1) is 11.8 Å². The van der Waals surface area contributed by atoms with Crippen LogP contribution in [0.4, 0.5) is 4.79 Å². The second-order valence-corrected chi connectivity index (χ2v) is 8.24. The first-order chi connectivity index (χ1) is 13.2. The Morgan fingerprint density at radius 1 is 0.929 bits per heavy atom. The van der Waals surface area contributed by atoms with Gasteiger partial charge in [0.2, 0.25) is 5.91 Å². The van der Waals surface area contributed by atoms with Crippen molar-refractivity contribution in [3.8, 4) is 0 Å². The third-order valence-electron chi connectivity index (χ3n) is 4.07. The standard InChI is InChI=1S/C21H31BrN2O4/c1-14(2)10-17(19(25)12-22)23-20(26)18(11-15(3)4)24-21(27)28-13-16-8-6-5-7-9-16/h5-9,14-15,17-18H,10-13H2,1-4H3,(H,23,26)(H,24,27)/t17-,18-/m0/s1. The Bertz CT molecular complexity index is 635. The third-order valence-corrected chi connectivity index (χ3v) is 4.63. The first-order valence-corrected chi connectivity index (χ1v) is 10.7. The summed E-state index contributed by atoms with van der Waals surface area (Å²) >= 11 is 3.17. The Hall–Kier alpha value is -1.89. The van der Waals surface area contributed by atoms with Crippen LogP contribution in [0.5, 0.6) is 0 Å². The lowest BCUT2D eigenvalue weighted by molar-refractivity contribution is -0.128. The van der Waals surface area contributed by atoms with Gasteiger partial charge in [0.25, 0.3) is 0 Å². The van der Waals surface area contributed by atoms with Crippen molar-refractivity contribution in [2.45, 2.75) is 59.2 Å². The third kappa shape index (κ3) is 9.35. The van der Waals surface area contributed by atoms with Crippen molar-refractivity contribution >= 4 is 33.7 Å². The molecular weight excluding hydrogens is 424 g/mol. The molecule has 0 spiro atoms. The number of carbonyl (C=O) groups excluding carboxylic acids is 3. The number of hydrogen-bond donors (Lipinski definition) is 2. The van der Waals surface area contributed by atoms with E-state index in [0.717, 1.165) is 5.56 Å². The summed E-state index contributed by atoms with van der Waals surface area (Å²) in [7, 11) is 0. The molecule has 0 aliphatic carbocycles. The minimum Gasteiger partial charge on any atom is -0.445 e. The number of carbonyl (C=O) groups is 3. The van der Waals surface area contributed by atoms with Crippen molar-refractivity contribution in [2.24, 2.45) is 11.8 Å². The quantitative estimate of drug-likeness (QED) is 0.497. The van der Waals surface area contributed by atoms with E-state index in [9.17, 15) is 14.4 Å². The maximum atomic E-state index is 12.8. The maximum absolute atomic E-state index is 12.8. The van der Waals surface area contributed by atoms with Gasteiger partial charge in [0.1, 0.15) is 12.6 Å². The van der Waals surface area contributed by atoms with Crippen molar-refractivity contribution in [3.63, 3.8) is 0 Å². The second-order valence-electron chi connectivity index (χ2n) is 7.68. The van der Waals surface area contributed by atoms with Crippen molar-refractivity contribution in [1.29, 1.82) is 0 Å². The number of benzene rings is 1. The van der Waals surface area contributed by atoms with E-state index in [4.69, 9.17) is 4.74 Å². The van der Waals surface area contributed by atoms with E-state index in [-0.39, 0.29) is 35.5 Å². The van der Waals surface area contributed by atoms with Gasteiger partial charge in [0, 0.05) is 0 Å². The lowest BCUT2D eigenvalue weighted by atomic mass is 9.99. The number of ketones is 1. The zero-order valence-electron chi connectivity index (χ0n) is 17.0. The van der Waals surface area contributed by atoms with Crippen molar-refractivity contribution in [2.75, 3.05) is 5.33 Å². The van der Waals surface area contributed by atoms with Crippen molar-refractivity contribution in [1.82, 2.24) is 10.6 Å². The molecule has 28 heavy (non-hydrogen) atoms. The number of ether oxygens (including phenoxy) is 1. The Morgan fingerprint density at radius 3 is 2.04 bits per heavy atom. The molecule has 0 saturated heterocycles. The van der Waals surface area contributed by atoms with Gasteiger partial charge in [-0.25, -0.2) is 4.79 Å². The second kappa shape index (κ2) is 12.5. The number of hydrogen-bond acceptors (Lipinski definition) is 4. The molecule has 0 aromatic heterocycles. The van der Waals surface area contributed by atoms with Crippen LogP contribution in [0.1, 0.15) is 46.1 Å². The molecule has 1 aromatic carbocycles. The highest BCUT2D eigenvalue weighted by Gasteiger charge is 2.27. The van der Waals surface area contributed by atoms with Gasteiger partial charge in [-0.2, -0.15) is 0 Å². The highest BCUT2D eigenvalue weighted by molar-refractivity contribution is 9.09. The monoisotopic (exact) mass is 454 g/mol. The first kappa shape index (κ1) is 24.1. The maximum Gasteiger partial charge on any atom is 0.408 e. The topological polar surface area (TPSA) is 84.5 Å². The van der Waals surface area contributed by atoms with E-state index < -0.39 is 18.2 Å². The van der Waals surface area contributed by atoms with Gasteiger partial charge in [-0.3, -0.25) is 9.59 Å². The summed E-state index contributed by atoms with van der Waals surface area (Å²) in [6.07, 6.45) is 0.337. The fraction of sp³-hybridized carbons (Fsp3) is 0.571. The zero-order chi connectivity index (χ0) is 21.1. The van der Waals surface area contributed by atoms with Gasteiger partial charge >= 0.3 is 6.09 Å². The molecule has 0 aliphatic heterocycles. The molecule has 2 N–H and O–H groups in total. The van der Waals surface area contributed by atoms with Crippen LogP contribution in [0.3, 0.4) is 0 Å². The normalized spacial score (nSPS) is 13.1. The van der Waals surface area contributed by atoms with Crippen molar-refractivity contribution < 1.29 is 19.1 Å². The molecule has 0 unspecified atom stereocenters. The van der Waals surface area contributed by atoms with Gasteiger partial charge in [-0.05, 0) is 30.2 Å². The molecule has 156 valence electrons. The Morgan fingerprint density at radius 2 is 1.50 bits per heavy atom. The van der Waals surface area contributed by atoms with E-state index in [0.29, 0.717) is 12.8 Å². The number of alkyl halides is 1. The summed E-state index contributed by atoms with van der Waals surface area (Å²) in [6.45, 7) is 8.04. The molecule has 2 atom stereocenters. The molecule has 1 aromatic rings. The van der Waals surface area contributed by atoms with Crippen LogP contribution < -0.4 is 10.6 Å². The smallest absolute Gasteiger partial charge is 0.408 e. The van der Waals surface area contributed by atoms with Crippen LogP contribution >= 0.6 is 15.9 Å². The summed E-state index contributed by atoms with van der Waals surface area (Å²) in [4.78, 5) is 37.1. The van der Waals surface area contributed by atoms with Crippen LogP contribution in [-0.4, -0.2) is 35.2 Å². The van der Waals surface area contributed by atoms with Gasteiger partial charge in [-0.15, -0.1) is 0 Å². The van der Waals surface area contributed by atoms with Gasteiger partial charge in [0.05, 0.1) is 11.4 Å². The molecule has 0 heterocycles. The Balaban J connectivity index is 2.72. The van der Waals surface area contributed by atoms with E-state index in [2.05, 4.69) is 26.6 Å². The van der Waals surface area contributed by atoms with Gasteiger partial charge in [-0.1, -0.05) is 74.0 Å².